The highest BCUT2D eigenvalue weighted by molar-refractivity contribution is 5.94. The van der Waals surface area contributed by atoms with E-state index in [1.165, 1.54) is 0 Å². The van der Waals surface area contributed by atoms with Gasteiger partial charge in [0.15, 0.2) is 0 Å². The van der Waals surface area contributed by atoms with Gasteiger partial charge in [-0.15, -0.1) is 12.4 Å². The van der Waals surface area contributed by atoms with E-state index >= 15 is 0 Å². The van der Waals surface area contributed by atoms with Crippen LogP contribution in [0.4, 0.5) is 0 Å². The van der Waals surface area contributed by atoms with Crippen LogP contribution in [-0.2, 0) is 0 Å². The van der Waals surface area contributed by atoms with Gasteiger partial charge in [-0.1, -0.05) is 18.2 Å². The number of carbonyl (C=O) groups excluding carboxylic acids is 1. The SMILES string of the molecule is CC1CC(NC(=O)c2ccc(Oc3ccccc3)cc2)CCN1.Cl. The van der Waals surface area contributed by atoms with E-state index < -0.39 is 0 Å². The molecule has 128 valence electrons. The van der Waals surface area contributed by atoms with Crippen LogP contribution in [0.5, 0.6) is 11.5 Å². The molecule has 1 amide bonds. The molecule has 2 atom stereocenters. The van der Waals surface area contributed by atoms with Gasteiger partial charge >= 0.3 is 0 Å². The fraction of sp³-hybridized carbons (Fsp3) is 0.316. The summed E-state index contributed by atoms with van der Waals surface area (Å²) in [7, 11) is 0. The van der Waals surface area contributed by atoms with Gasteiger partial charge in [-0.25, -0.2) is 0 Å². The lowest BCUT2D eigenvalue weighted by atomic mass is 10.0. The van der Waals surface area contributed by atoms with Crippen molar-refractivity contribution in [3.8, 4) is 11.5 Å². The second-order valence-electron chi connectivity index (χ2n) is 5.99. The molecule has 1 saturated heterocycles. The Morgan fingerprint density at radius 2 is 1.75 bits per heavy atom. The Labute approximate surface area is 149 Å². The average Bonchev–Trinajstić information content (AvgIpc) is 2.56. The Balaban J connectivity index is 0.00000208. The van der Waals surface area contributed by atoms with Crippen molar-refractivity contribution in [3.63, 3.8) is 0 Å². The number of hydrogen-bond donors (Lipinski definition) is 2. The highest BCUT2D eigenvalue weighted by atomic mass is 35.5. The lowest BCUT2D eigenvalue weighted by Gasteiger charge is -2.28. The number of para-hydroxylation sites is 1. The molecular weight excluding hydrogens is 324 g/mol. The third-order valence-electron chi connectivity index (χ3n) is 4.05. The third kappa shape index (κ3) is 4.98. The van der Waals surface area contributed by atoms with Crippen LogP contribution in [0.2, 0.25) is 0 Å². The number of piperidine rings is 1. The number of ether oxygens (including phenoxy) is 1. The van der Waals surface area contributed by atoms with Crippen molar-refractivity contribution in [2.75, 3.05) is 6.54 Å². The van der Waals surface area contributed by atoms with Crippen molar-refractivity contribution in [1.82, 2.24) is 10.6 Å². The molecule has 0 spiro atoms. The van der Waals surface area contributed by atoms with Crippen molar-refractivity contribution in [2.45, 2.75) is 31.8 Å². The molecule has 1 aliphatic rings. The van der Waals surface area contributed by atoms with Gasteiger partial charge in [0.2, 0.25) is 0 Å². The van der Waals surface area contributed by atoms with Gasteiger partial charge in [-0.2, -0.15) is 0 Å². The van der Waals surface area contributed by atoms with E-state index in [2.05, 4.69) is 17.6 Å². The number of hydrogen-bond acceptors (Lipinski definition) is 3. The summed E-state index contributed by atoms with van der Waals surface area (Å²) in [6.07, 6.45) is 1.95. The van der Waals surface area contributed by atoms with Gasteiger partial charge in [0.25, 0.3) is 5.91 Å². The number of benzene rings is 2. The Morgan fingerprint density at radius 1 is 1.08 bits per heavy atom. The summed E-state index contributed by atoms with van der Waals surface area (Å²) in [6, 6.07) is 17.6. The fourth-order valence-electron chi connectivity index (χ4n) is 2.83. The number of rotatable bonds is 4. The molecule has 2 N–H and O–H groups in total. The summed E-state index contributed by atoms with van der Waals surface area (Å²) in [5.41, 5.74) is 0.664. The zero-order valence-corrected chi connectivity index (χ0v) is 14.5. The van der Waals surface area contributed by atoms with Gasteiger partial charge in [0.05, 0.1) is 0 Å². The van der Waals surface area contributed by atoms with E-state index in [9.17, 15) is 4.79 Å². The van der Waals surface area contributed by atoms with Gasteiger partial charge < -0.3 is 15.4 Å². The zero-order chi connectivity index (χ0) is 16.1. The third-order valence-corrected chi connectivity index (χ3v) is 4.05. The molecule has 0 radical (unpaired) electrons. The second-order valence-corrected chi connectivity index (χ2v) is 5.99. The predicted molar refractivity (Wildman–Crippen MR) is 98.2 cm³/mol. The summed E-state index contributed by atoms with van der Waals surface area (Å²) >= 11 is 0. The monoisotopic (exact) mass is 346 g/mol. The molecule has 3 rings (SSSR count). The van der Waals surface area contributed by atoms with Gasteiger partial charge in [0, 0.05) is 17.6 Å². The maximum Gasteiger partial charge on any atom is 0.251 e. The first-order chi connectivity index (χ1) is 11.2. The lowest BCUT2D eigenvalue weighted by Crippen LogP contribution is -2.46. The molecular formula is C19H23ClN2O2. The van der Waals surface area contributed by atoms with E-state index in [1.54, 1.807) is 12.1 Å². The standard InChI is InChI=1S/C19H22N2O2.ClH/c1-14-13-16(11-12-20-14)21-19(22)15-7-9-18(10-8-15)23-17-5-3-2-4-6-17;/h2-10,14,16,20H,11-13H2,1H3,(H,21,22);1H. The Bertz CT molecular complexity index is 646. The molecule has 1 heterocycles. The zero-order valence-electron chi connectivity index (χ0n) is 13.7. The predicted octanol–water partition coefficient (Wildman–Crippen LogP) is 3.77. The van der Waals surface area contributed by atoms with E-state index in [4.69, 9.17) is 4.74 Å². The van der Waals surface area contributed by atoms with Gasteiger partial charge in [0.1, 0.15) is 11.5 Å². The van der Waals surface area contributed by atoms with E-state index in [0.29, 0.717) is 11.6 Å². The summed E-state index contributed by atoms with van der Waals surface area (Å²) in [4.78, 5) is 12.3. The molecule has 2 aromatic carbocycles. The first-order valence-corrected chi connectivity index (χ1v) is 8.08. The van der Waals surface area contributed by atoms with E-state index in [0.717, 1.165) is 30.9 Å². The van der Waals surface area contributed by atoms with Crippen molar-refractivity contribution < 1.29 is 9.53 Å². The highest BCUT2D eigenvalue weighted by Gasteiger charge is 2.20. The molecule has 2 unspecified atom stereocenters. The molecule has 5 heteroatoms. The highest BCUT2D eigenvalue weighted by Crippen LogP contribution is 2.21. The van der Waals surface area contributed by atoms with E-state index in [-0.39, 0.29) is 24.4 Å². The van der Waals surface area contributed by atoms with Crippen molar-refractivity contribution in [3.05, 3.63) is 60.2 Å². The van der Waals surface area contributed by atoms with Crippen molar-refractivity contribution in [1.29, 1.82) is 0 Å². The number of halogens is 1. The minimum Gasteiger partial charge on any atom is -0.457 e. The number of amides is 1. The van der Waals surface area contributed by atoms with Crippen LogP contribution in [0.25, 0.3) is 0 Å². The molecule has 4 nitrogen and oxygen atoms in total. The lowest BCUT2D eigenvalue weighted by molar-refractivity contribution is 0.0925. The quantitative estimate of drug-likeness (QED) is 0.886. The molecule has 0 saturated carbocycles. The first kappa shape index (κ1) is 18.3. The molecule has 0 aliphatic carbocycles. The van der Waals surface area contributed by atoms with E-state index in [1.807, 2.05) is 42.5 Å². The average molecular weight is 347 g/mol. The van der Waals surface area contributed by atoms with Crippen LogP contribution in [-0.4, -0.2) is 24.5 Å². The summed E-state index contributed by atoms with van der Waals surface area (Å²) in [6.45, 7) is 3.10. The normalized spacial score (nSPS) is 19.9. The van der Waals surface area contributed by atoms with Crippen molar-refractivity contribution >= 4 is 18.3 Å². The minimum atomic E-state index is -0.0182. The topological polar surface area (TPSA) is 50.4 Å². The maximum absolute atomic E-state index is 12.3. The summed E-state index contributed by atoms with van der Waals surface area (Å²) in [5, 5.41) is 6.50. The minimum absolute atomic E-state index is 0. The first-order valence-electron chi connectivity index (χ1n) is 8.08. The largest absolute Gasteiger partial charge is 0.457 e. The van der Waals surface area contributed by atoms with Gasteiger partial charge in [-0.05, 0) is 62.7 Å². The summed E-state index contributed by atoms with van der Waals surface area (Å²) in [5.74, 6) is 1.49. The molecule has 2 aromatic rings. The molecule has 0 aromatic heterocycles. The Morgan fingerprint density at radius 3 is 2.42 bits per heavy atom. The van der Waals surface area contributed by atoms with Crippen LogP contribution in [0.1, 0.15) is 30.1 Å². The summed E-state index contributed by atoms with van der Waals surface area (Å²) < 4.78 is 5.74. The van der Waals surface area contributed by atoms with Crippen LogP contribution < -0.4 is 15.4 Å². The van der Waals surface area contributed by atoms with Crippen LogP contribution in [0, 0.1) is 0 Å². The van der Waals surface area contributed by atoms with Crippen LogP contribution >= 0.6 is 12.4 Å². The maximum atomic E-state index is 12.3. The van der Waals surface area contributed by atoms with Crippen LogP contribution in [0.3, 0.4) is 0 Å². The fourth-order valence-corrected chi connectivity index (χ4v) is 2.83. The Hall–Kier alpha value is -2.04. The molecule has 0 bridgehead atoms. The number of nitrogens with one attached hydrogen (secondary N) is 2. The molecule has 1 aliphatic heterocycles. The molecule has 24 heavy (non-hydrogen) atoms. The van der Waals surface area contributed by atoms with Crippen molar-refractivity contribution in [2.24, 2.45) is 0 Å². The van der Waals surface area contributed by atoms with Crippen LogP contribution in [0.15, 0.2) is 54.6 Å². The Kier molecular flexibility index (Phi) is 6.64. The molecule has 1 fully saturated rings. The smallest absolute Gasteiger partial charge is 0.251 e. The number of carbonyl (C=O) groups is 1. The van der Waals surface area contributed by atoms with Gasteiger partial charge in [-0.3, -0.25) is 4.79 Å². The second kappa shape index (κ2) is 8.71.